The Morgan fingerprint density at radius 3 is 1.68 bits per heavy atom. The number of carbonyl (C=O) groups is 3. The number of rotatable bonds is 9. The van der Waals surface area contributed by atoms with Crippen LogP contribution in [0.2, 0.25) is 0 Å². The van der Waals surface area contributed by atoms with E-state index in [4.69, 9.17) is 9.47 Å². The van der Waals surface area contributed by atoms with Crippen LogP contribution in [0.5, 0.6) is 0 Å². The van der Waals surface area contributed by atoms with Crippen molar-refractivity contribution in [2.45, 2.75) is 0 Å². The van der Waals surface area contributed by atoms with E-state index in [1.165, 1.54) is 18.2 Å². The molecule has 22 heavy (non-hydrogen) atoms. The van der Waals surface area contributed by atoms with Crippen molar-refractivity contribution >= 4 is 17.7 Å². The first kappa shape index (κ1) is 16.1. The molecular formula is C15H18N2O5. The van der Waals surface area contributed by atoms with E-state index in [9.17, 15) is 14.4 Å². The summed E-state index contributed by atoms with van der Waals surface area (Å²) in [6.07, 6.45) is 5.63. The summed E-state index contributed by atoms with van der Waals surface area (Å²) >= 11 is 0. The zero-order chi connectivity index (χ0) is 15.9. The molecule has 0 saturated carbocycles. The Morgan fingerprint density at radius 1 is 0.727 bits per heavy atom. The van der Waals surface area contributed by atoms with Gasteiger partial charge in [-0.05, 0) is 6.08 Å². The first-order valence-electron chi connectivity index (χ1n) is 6.97. The molecule has 118 valence electrons. The van der Waals surface area contributed by atoms with Crippen LogP contribution in [0.15, 0.2) is 36.6 Å². The number of carbonyl (C=O) groups excluding carboxylic acids is 3. The van der Waals surface area contributed by atoms with Crippen molar-refractivity contribution in [1.29, 1.82) is 0 Å². The maximum Gasteiger partial charge on any atom is 0.253 e. The Balaban J connectivity index is 1.47. The van der Waals surface area contributed by atoms with Crippen LogP contribution in [0.3, 0.4) is 0 Å². The van der Waals surface area contributed by atoms with Crippen molar-refractivity contribution < 1.29 is 23.9 Å². The third-order valence-electron chi connectivity index (χ3n) is 3.22. The second kappa shape index (κ2) is 7.67. The monoisotopic (exact) mass is 306 g/mol. The summed E-state index contributed by atoms with van der Waals surface area (Å²) in [7, 11) is 0. The molecule has 2 heterocycles. The van der Waals surface area contributed by atoms with Crippen LogP contribution in [0.4, 0.5) is 0 Å². The molecule has 0 spiro atoms. The fraction of sp³-hybridized carbons (Fsp3) is 0.400. The number of hydrogen-bond acceptors (Lipinski definition) is 5. The van der Waals surface area contributed by atoms with Crippen LogP contribution in [-0.4, -0.2) is 67.0 Å². The number of allylic oxidation sites excluding steroid dienone is 1. The molecular weight excluding hydrogens is 288 g/mol. The molecule has 0 radical (unpaired) electrons. The van der Waals surface area contributed by atoms with Crippen LogP contribution in [0.25, 0.3) is 0 Å². The Labute approximate surface area is 128 Å². The Kier molecular flexibility index (Phi) is 5.62. The Morgan fingerprint density at radius 2 is 1.18 bits per heavy atom. The molecule has 0 unspecified atom stereocenters. The highest BCUT2D eigenvalue weighted by Gasteiger charge is 2.22. The maximum absolute atomic E-state index is 11.4. The summed E-state index contributed by atoms with van der Waals surface area (Å²) in [6, 6.07) is 0. The maximum atomic E-state index is 11.4. The summed E-state index contributed by atoms with van der Waals surface area (Å²) in [5.74, 6) is -0.707. The van der Waals surface area contributed by atoms with Crippen molar-refractivity contribution in [2.75, 3.05) is 39.5 Å². The lowest BCUT2D eigenvalue weighted by Gasteiger charge is -2.17. The van der Waals surface area contributed by atoms with Crippen molar-refractivity contribution in [2.24, 2.45) is 0 Å². The second-order valence-electron chi connectivity index (χ2n) is 4.70. The molecule has 0 atom stereocenters. The smallest absolute Gasteiger partial charge is 0.253 e. The molecule has 7 nitrogen and oxygen atoms in total. The number of ether oxygens (including phenoxy) is 2. The fourth-order valence-electron chi connectivity index (χ4n) is 2.03. The SMILES string of the molecule is C=C1C=CC(=O)N1CCOCCOCCN1C(=O)C=CC1=O. The average molecular weight is 306 g/mol. The molecule has 0 aromatic carbocycles. The number of nitrogens with zero attached hydrogens (tertiary/aromatic N) is 2. The van der Waals surface area contributed by atoms with Crippen molar-refractivity contribution in [3.8, 4) is 0 Å². The standard InChI is InChI=1S/C15H18N2O5/c1-12-2-3-13(18)16(12)6-8-21-10-11-22-9-7-17-14(19)4-5-15(17)20/h2-5H,1,6-11H2. The molecule has 3 amide bonds. The lowest BCUT2D eigenvalue weighted by molar-refractivity contribution is -0.137. The van der Waals surface area contributed by atoms with E-state index in [-0.39, 0.29) is 30.9 Å². The van der Waals surface area contributed by atoms with Gasteiger partial charge in [0.05, 0.1) is 33.0 Å². The van der Waals surface area contributed by atoms with E-state index in [2.05, 4.69) is 6.58 Å². The van der Waals surface area contributed by atoms with E-state index >= 15 is 0 Å². The molecule has 0 saturated heterocycles. The molecule has 0 fully saturated rings. The minimum Gasteiger partial charge on any atom is -0.377 e. The van der Waals surface area contributed by atoms with Crippen LogP contribution < -0.4 is 0 Å². The van der Waals surface area contributed by atoms with E-state index in [1.54, 1.807) is 11.0 Å². The second-order valence-corrected chi connectivity index (χ2v) is 4.70. The number of hydrogen-bond donors (Lipinski definition) is 0. The van der Waals surface area contributed by atoms with E-state index < -0.39 is 0 Å². The quantitative estimate of drug-likeness (QED) is 0.438. The molecule has 0 bridgehead atoms. The molecule has 0 aliphatic carbocycles. The summed E-state index contributed by atoms with van der Waals surface area (Å²) in [5.41, 5.74) is 0.665. The molecule has 0 N–H and O–H groups in total. The molecule has 7 heteroatoms. The van der Waals surface area contributed by atoms with Gasteiger partial charge in [0.2, 0.25) is 0 Å². The molecule has 2 rings (SSSR count). The fourth-order valence-corrected chi connectivity index (χ4v) is 2.03. The van der Waals surface area contributed by atoms with E-state index in [0.717, 1.165) is 4.90 Å². The summed E-state index contributed by atoms with van der Waals surface area (Å²) in [6.45, 7) is 5.83. The first-order valence-corrected chi connectivity index (χ1v) is 6.97. The third-order valence-corrected chi connectivity index (χ3v) is 3.22. The minimum absolute atomic E-state index is 0.0848. The van der Waals surface area contributed by atoms with Crippen molar-refractivity contribution in [3.05, 3.63) is 36.6 Å². The Hall–Kier alpha value is -2.25. The minimum atomic E-state index is -0.311. The number of imide groups is 1. The molecule has 0 aromatic heterocycles. The van der Waals surface area contributed by atoms with Gasteiger partial charge in [-0.1, -0.05) is 6.58 Å². The van der Waals surface area contributed by atoms with Crippen LogP contribution in [0.1, 0.15) is 0 Å². The lowest BCUT2D eigenvalue weighted by Crippen LogP contribution is -2.33. The van der Waals surface area contributed by atoms with Gasteiger partial charge in [0.1, 0.15) is 0 Å². The molecule has 0 aromatic rings. The predicted octanol–water partition coefficient (Wildman–Crippen LogP) is -0.143. The van der Waals surface area contributed by atoms with Crippen molar-refractivity contribution in [1.82, 2.24) is 9.80 Å². The molecule has 2 aliphatic rings. The molecule has 2 aliphatic heterocycles. The van der Waals surface area contributed by atoms with Gasteiger partial charge in [-0.3, -0.25) is 19.3 Å². The van der Waals surface area contributed by atoms with Gasteiger partial charge in [-0.2, -0.15) is 0 Å². The third kappa shape index (κ3) is 4.12. The average Bonchev–Trinajstić information content (AvgIpc) is 2.98. The van der Waals surface area contributed by atoms with Crippen LogP contribution >= 0.6 is 0 Å². The first-order chi connectivity index (χ1) is 10.6. The normalized spacial score (nSPS) is 17.5. The topological polar surface area (TPSA) is 76.2 Å². The van der Waals surface area contributed by atoms with Gasteiger partial charge in [0.25, 0.3) is 17.7 Å². The summed E-state index contributed by atoms with van der Waals surface area (Å²) in [4.78, 5) is 36.6. The zero-order valence-electron chi connectivity index (χ0n) is 12.2. The van der Waals surface area contributed by atoms with Crippen LogP contribution in [0, 0.1) is 0 Å². The van der Waals surface area contributed by atoms with E-state index in [0.29, 0.717) is 32.1 Å². The predicted molar refractivity (Wildman–Crippen MR) is 77.5 cm³/mol. The zero-order valence-corrected chi connectivity index (χ0v) is 12.2. The summed E-state index contributed by atoms with van der Waals surface area (Å²) < 4.78 is 10.7. The highest BCUT2D eigenvalue weighted by Crippen LogP contribution is 2.11. The van der Waals surface area contributed by atoms with Gasteiger partial charge in [-0.25, -0.2) is 0 Å². The van der Waals surface area contributed by atoms with Gasteiger partial charge in [0, 0.05) is 30.5 Å². The Bertz CT molecular complexity index is 454. The van der Waals surface area contributed by atoms with Gasteiger partial charge in [-0.15, -0.1) is 0 Å². The van der Waals surface area contributed by atoms with Crippen molar-refractivity contribution in [3.63, 3.8) is 0 Å². The van der Waals surface area contributed by atoms with Gasteiger partial charge in [0.15, 0.2) is 0 Å². The summed E-state index contributed by atoms with van der Waals surface area (Å²) in [5, 5.41) is 0. The number of amides is 3. The van der Waals surface area contributed by atoms with Gasteiger partial charge >= 0.3 is 0 Å². The van der Waals surface area contributed by atoms with E-state index in [1.807, 2.05) is 0 Å². The van der Waals surface area contributed by atoms with Gasteiger partial charge < -0.3 is 14.4 Å². The van der Waals surface area contributed by atoms with Crippen LogP contribution in [-0.2, 0) is 23.9 Å². The highest BCUT2D eigenvalue weighted by molar-refractivity contribution is 6.12. The lowest BCUT2D eigenvalue weighted by atomic mass is 10.4. The highest BCUT2D eigenvalue weighted by atomic mass is 16.5. The largest absolute Gasteiger partial charge is 0.377 e.